The molecule has 0 aromatic carbocycles. The highest BCUT2D eigenvalue weighted by Gasteiger charge is 2.35. The Kier molecular flexibility index (Phi) is 4.88. The van der Waals surface area contributed by atoms with E-state index in [1.54, 1.807) is 18.5 Å². The van der Waals surface area contributed by atoms with Crippen LogP contribution in [0.5, 0.6) is 0 Å². The summed E-state index contributed by atoms with van der Waals surface area (Å²) in [5.74, 6) is -1.10. The molecule has 0 saturated carbocycles. The van der Waals surface area contributed by atoms with Crippen molar-refractivity contribution in [1.29, 1.82) is 0 Å². The summed E-state index contributed by atoms with van der Waals surface area (Å²) in [7, 11) is 0. The number of aromatic nitrogens is 2. The Hall–Kier alpha value is -1.85. The minimum atomic E-state index is -0.875. The second-order valence-electron chi connectivity index (χ2n) is 4.27. The molecular weight excluding hydrogens is 234 g/mol. The van der Waals surface area contributed by atoms with Crippen LogP contribution in [0, 0.1) is 5.41 Å². The zero-order valence-corrected chi connectivity index (χ0v) is 10.7. The standard InChI is InChI=1S/C12H19N3O3/c1-3-12(4-2,11(17)18)9-13-10(16)8-15-7-5-6-14-15/h5-7H,3-4,8-9H2,1-2H3,(H,13,16)(H,17,18). The number of carbonyl (C=O) groups excluding carboxylic acids is 1. The molecule has 1 aromatic rings. The van der Waals surface area contributed by atoms with Crippen molar-refractivity contribution in [3.8, 4) is 0 Å². The number of hydrogen-bond acceptors (Lipinski definition) is 3. The highest BCUT2D eigenvalue weighted by molar-refractivity contribution is 5.78. The highest BCUT2D eigenvalue weighted by atomic mass is 16.4. The molecule has 1 aromatic heterocycles. The number of nitrogens with one attached hydrogen (secondary N) is 1. The zero-order valence-electron chi connectivity index (χ0n) is 10.7. The molecule has 6 nitrogen and oxygen atoms in total. The molecule has 0 radical (unpaired) electrons. The molecule has 0 aliphatic heterocycles. The van der Waals surface area contributed by atoms with E-state index in [4.69, 9.17) is 0 Å². The summed E-state index contributed by atoms with van der Waals surface area (Å²) < 4.78 is 1.50. The van der Waals surface area contributed by atoms with Gasteiger partial charge in [-0.1, -0.05) is 13.8 Å². The van der Waals surface area contributed by atoms with Crippen LogP contribution in [0.4, 0.5) is 0 Å². The van der Waals surface area contributed by atoms with Crippen LogP contribution in [0.3, 0.4) is 0 Å². The predicted octanol–water partition coefficient (Wildman–Crippen LogP) is 0.890. The van der Waals surface area contributed by atoms with Crippen LogP contribution in [0.15, 0.2) is 18.5 Å². The Morgan fingerprint density at radius 1 is 1.39 bits per heavy atom. The Morgan fingerprint density at radius 3 is 2.50 bits per heavy atom. The van der Waals surface area contributed by atoms with Crippen LogP contribution in [-0.2, 0) is 16.1 Å². The number of amides is 1. The van der Waals surface area contributed by atoms with Gasteiger partial charge in [0.15, 0.2) is 0 Å². The fourth-order valence-corrected chi connectivity index (χ4v) is 1.74. The summed E-state index contributed by atoms with van der Waals surface area (Å²) in [6.45, 7) is 3.89. The molecule has 0 bridgehead atoms. The molecule has 1 rings (SSSR count). The number of carbonyl (C=O) groups is 2. The topological polar surface area (TPSA) is 84.2 Å². The number of rotatable bonds is 7. The van der Waals surface area contributed by atoms with Gasteiger partial charge in [-0.15, -0.1) is 0 Å². The second-order valence-corrected chi connectivity index (χ2v) is 4.27. The summed E-state index contributed by atoms with van der Waals surface area (Å²) in [4.78, 5) is 22.9. The summed E-state index contributed by atoms with van der Waals surface area (Å²) in [6.07, 6.45) is 4.25. The maximum atomic E-state index is 11.6. The third-order valence-corrected chi connectivity index (χ3v) is 3.30. The Bertz CT molecular complexity index is 397. The number of aliphatic carboxylic acids is 1. The third-order valence-electron chi connectivity index (χ3n) is 3.30. The molecule has 0 unspecified atom stereocenters. The van der Waals surface area contributed by atoms with Crippen molar-refractivity contribution in [3.63, 3.8) is 0 Å². The van der Waals surface area contributed by atoms with Crippen LogP contribution < -0.4 is 5.32 Å². The average molecular weight is 253 g/mol. The molecule has 0 saturated heterocycles. The molecule has 0 aliphatic carbocycles. The van der Waals surface area contributed by atoms with Crippen molar-refractivity contribution in [2.24, 2.45) is 5.41 Å². The van der Waals surface area contributed by atoms with Gasteiger partial charge in [0, 0.05) is 18.9 Å². The Morgan fingerprint density at radius 2 is 2.06 bits per heavy atom. The van der Waals surface area contributed by atoms with E-state index in [1.807, 2.05) is 13.8 Å². The lowest BCUT2D eigenvalue weighted by Crippen LogP contribution is -2.43. The van der Waals surface area contributed by atoms with Gasteiger partial charge in [0.05, 0.1) is 5.41 Å². The molecule has 2 N–H and O–H groups in total. The van der Waals surface area contributed by atoms with E-state index in [0.29, 0.717) is 12.8 Å². The summed E-state index contributed by atoms with van der Waals surface area (Å²) in [5, 5.41) is 15.8. The quantitative estimate of drug-likeness (QED) is 0.755. The van der Waals surface area contributed by atoms with Gasteiger partial charge in [-0.25, -0.2) is 0 Å². The Balaban J connectivity index is 2.52. The summed E-state index contributed by atoms with van der Waals surface area (Å²) >= 11 is 0. The lowest BCUT2D eigenvalue weighted by atomic mass is 9.82. The van der Waals surface area contributed by atoms with Crippen molar-refractivity contribution < 1.29 is 14.7 Å². The Labute approximate surface area is 106 Å². The van der Waals surface area contributed by atoms with E-state index in [2.05, 4.69) is 10.4 Å². The first kappa shape index (κ1) is 14.2. The minimum absolute atomic E-state index is 0.107. The first-order valence-electron chi connectivity index (χ1n) is 6.01. The van der Waals surface area contributed by atoms with Crippen LogP contribution in [-0.4, -0.2) is 33.3 Å². The lowest BCUT2D eigenvalue weighted by Gasteiger charge is -2.26. The zero-order chi connectivity index (χ0) is 13.6. The fourth-order valence-electron chi connectivity index (χ4n) is 1.74. The molecular formula is C12H19N3O3. The molecule has 0 atom stereocenters. The predicted molar refractivity (Wildman–Crippen MR) is 65.9 cm³/mol. The van der Waals surface area contributed by atoms with Crippen LogP contribution in [0.1, 0.15) is 26.7 Å². The van der Waals surface area contributed by atoms with E-state index in [-0.39, 0.29) is 19.0 Å². The number of carboxylic acids is 1. The van der Waals surface area contributed by atoms with Gasteiger partial charge in [-0.05, 0) is 18.9 Å². The first-order chi connectivity index (χ1) is 8.54. The van der Waals surface area contributed by atoms with E-state index in [0.717, 1.165) is 0 Å². The summed E-state index contributed by atoms with van der Waals surface area (Å²) in [5.41, 5.74) is -0.875. The van der Waals surface area contributed by atoms with Gasteiger partial charge in [-0.3, -0.25) is 14.3 Å². The van der Waals surface area contributed by atoms with E-state index >= 15 is 0 Å². The van der Waals surface area contributed by atoms with Crippen molar-refractivity contribution in [2.45, 2.75) is 33.2 Å². The van der Waals surface area contributed by atoms with Gasteiger partial charge >= 0.3 is 5.97 Å². The number of hydrogen-bond donors (Lipinski definition) is 2. The number of nitrogens with zero attached hydrogens (tertiary/aromatic N) is 2. The van der Waals surface area contributed by atoms with Crippen molar-refractivity contribution in [2.75, 3.05) is 6.54 Å². The molecule has 1 amide bonds. The molecule has 18 heavy (non-hydrogen) atoms. The van der Waals surface area contributed by atoms with Gasteiger partial charge in [0.2, 0.25) is 5.91 Å². The van der Waals surface area contributed by atoms with Gasteiger partial charge in [0.25, 0.3) is 0 Å². The van der Waals surface area contributed by atoms with E-state index < -0.39 is 11.4 Å². The normalized spacial score (nSPS) is 11.2. The van der Waals surface area contributed by atoms with Crippen LogP contribution in [0.2, 0.25) is 0 Å². The average Bonchev–Trinajstić information content (AvgIpc) is 2.83. The molecule has 0 fully saturated rings. The molecule has 0 spiro atoms. The fraction of sp³-hybridized carbons (Fsp3) is 0.583. The van der Waals surface area contributed by atoms with E-state index in [9.17, 15) is 14.7 Å². The van der Waals surface area contributed by atoms with Crippen molar-refractivity contribution in [1.82, 2.24) is 15.1 Å². The van der Waals surface area contributed by atoms with E-state index in [1.165, 1.54) is 4.68 Å². The third kappa shape index (κ3) is 3.32. The van der Waals surface area contributed by atoms with Gasteiger partial charge in [-0.2, -0.15) is 5.10 Å². The van der Waals surface area contributed by atoms with Crippen molar-refractivity contribution in [3.05, 3.63) is 18.5 Å². The van der Waals surface area contributed by atoms with Crippen LogP contribution >= 0.6 is 0 Å². The molecule has 6 heteroatoms. The maximum absolute atomic E-state index is 11.6. The summed E-state index contributed by atoms with van der Waals surface area (Å²) in [6, 6.07) is 1.73. The molecule has 1 heterocycles. The molecule has 0 aliphatic rings. The van der Waals surface area contributed by atoms with Crippen LogP contribution in [0.25, 0.3) is 0 Å². The smallest absolute Gasteiger partial charge is 0.311 e. The lowest BCUT2D eigenvalue weighted by molar-refractivity contribution is -0.149. The maximum Gasteiger partial charge on any atom is 0.311 e. The van der Waals surface area contributed by atoms with Crippen molar-refractivity contribution >= 4 is 11.9 Å². The number of carboxylic acid groups (broad SMARTS) is 1. The van der Waals surface area contributed by atoms with Gasteiger partial charge < -0.3 is 10.4 Å². The second kappa shape index (κ2) is 6.18. The SMILES string of the molecule is CCC(CC)(CNC(=O)Cn1cccn1)C(=O)O. The van der Waals surface area contributed by atoms with Gasteiger partial charge in [0.1, 0.15) is 6.54 Å². The highest BCUT2D eigenvalue weighted by Crippen LogP contribution is 2.25. The first-order valence-corrected chi connectivity index (χ1v) is 6.01. The minimum Gasteiger partial charge on any atom is -0.481 e. The largest absolute Gasteiger partial charge is 0.481 e. The molecule has 100 valence electrons. The monoisotopic (exact) mass is 253 g/mol.